The lowest BCUT2D eigenvalue weighted by molar-refractivity contribution is 0.122. The van der Waals surface area contributed by atoms with Crippen LogP contribution in [0.3, 0.4) is 0 Å². The van der Waals surface area contributed by atoms with Crippen LogP contribution in [0, 0.1) is 0 Å². The first-order chi connectivity index (χ1) is 13.4. The van der Waals surface area contributed by atoms with E-state index < -0.39 is 10.3 Å². The minimum atomic E-state index is -4.23. The highest BCUT2D eigenvalue weighted by atomic mass is 32.2. The van der Waals surface area contributed by atoms with E-state index in [2.05, 4.69) is 21.9 Å². The highest BCUT2D eigenvalue weighted by molar-refractivity contribution is 7.87. The van der Waals surface area contributed by atoms with Crippen molar-refractivity contribution in [3.05, 3.63) is 53.6 Å². The summed E-state index contributed by atoms with van der Waals surface area (Å²) >= 11 is 0. The lowest BCUT2D eigenvalue weighted by atomic mass is 10.1. The molecule has 0 bridgehead atoms. The summed E-state index contributed by atoms with van der Waals surface area (Å²) in [7, 11) is -4.23. The number of hydrogen-bond donors (Lipinski definition) is 2. The molecule has 0 saturated carbocycles. The van der Waals surface area contributed by atoms with E-state index in [1.165, 1.54) is 5.56 Å². The van der Waals surface area contributed by atoms with Crippen molar-refractivity contribution in [1.82, 2.24) is 9.80 Å². The quantitative estimate of drug-likeness (QED) is 0.710. The maximum atomic E-state index is 10.8. The molecule has 9 heteroatoms. The molecule has 28 heavy (non-hydrogen) atoms. The zero-order chi connectivity index (χ0) is 19.6. The standard InChI is InChI=1S/C19H23N3O5S/c23-28(24,25)20-17-4-1-15(2-5-17)12-21-7-9-22(10-8-21)13-16-3-6-18-19(11-16)27-14-26-18/h1-6,11,20H,7-10,12-14H2,(H,23,24,25). The molecule has 4 rings (SSSR count). The third-order valence-electron chi connectivity index (χ3n) is 4.92. The van der Waals surface area contributed by atoms with E-state index in [0.717, 1.165) is 56.3 Å². The minimum Gasteiger partial charge on any atom is -0.454 e. The van der Waals surface area contributed by atoms with Crippen molar-refractivity contribution < 1.29 is 22.4 Å². The summed E-state index contributed by atoms with van der Waals surface area (Å²) in [6, 6.07) is 13.1. The number of benzene rings is 2. The van der Waals surface area contributed by atoms with Crippen LogP contribution in [0.4, 0.5) is 5.69 Å². The van der Waals surface area contributed by atoms with Gasteiger partial charge in [-0.3, -0.25) is 19.1 Å². The van der Waals surface area contributed by atoms with Gasteiger partial charge in [0.25, 0.3) is 0 Å². The normalized spacial score (nSPS) is 17.6. The topological polar surface area (TPSA) is 91.3 Å². The summed E-state index contributed by atoms with van der Waals surface area (Å²) in [6.07, 6.45) is 0. The Hall–Kier alpha value is -2.33. The summed E-state index contributed by atoms with van der Waals surface area (Å²) in [4.78, 5) is 4.80. The maximum absolute atomic E-state index is 10.8. The van der Waals surface area contributed by atoms with E-state index in [4.69, 9.17) is 14.0 Å². The first-order valence-electron chi connectivity index (χ1n) is 9.12. The lowest BCUT2D eigenvalue weighted by Crippen LogP contribution is -2.45. The number of nitrogens with zero attached hydrogens (tertiary/aromatic N) is 2. The fraction of sp³-hybridized carbons (Fsp3) is 0.368. The van der Waals surface area contributed by atoms with Gasteiger partial charge in [0.15, 0.2) is 11.5 Å². The van der Waals surface area contributed by atoms with Crippen LogP contribution in [0.1, 0.15) is 11.1 Å². The SMILES string of the molecule is O=S(=O)(O)Nc1ccc(CN2CCN(Cc3ccc4c(c3)OCO4)CC2)cc1. The van der Waals surface area contributed by atoms with Gasteiger partial charge in [-0.1, -0.05) is 18.2 Å². The van der Waals surface area contributed by atoms with E-state index in [-0.39, 0.29) is 0 Å². The van der Waals surface area contributed by atoms with Gasteiger partial charge in [0, 0.05) is 39.3 Å². The van der Waals surface area contributed by atoms with Crippen LogP contribution in [-0.2, 0) is 23.4 Å². The molecule has 0 radical (unpaired) electrons. The van der Waals surface area contributed by atoms with E-state index in [9.17, 15) is 8.42 Å². The second-order valence-electron chi connectivity index (χ2n) is 7.01. The molecule has 0 atom stereocenters. The van der Waals surface area contributed by atoms with Gasteiger partial charge in [-0.05, 0) is 35.4 Å². The molecule has 8 nitrogen and oxygen atoms in total. The lowest BCUT2D eigenvalue weighted by Gasteiger charge is -2.34. The second kappa shape index (κ2) is 7.96. The third-order valence-corrected chi connectivity index (χ3v) is 5.41. The molecule has 2 aliphatic heterocycles. The van der Waals surface area contributed by atoms with E-state index >= 15 is 0 Å². The van der Waals surface area contributed by atoms with Gasteiger partial charge in [-0.25, -0.2) is 0 Å². The fourth-order valence-corrected chi connectivity index (χ4v) is 3.92. The number of hydrogen-bond acceptors (Lipinski definition) is 6. The molecule has 2 aromatic rings. The van der Waals surface area contributed by atoms with Crippen molar-refractivity contribution in [3.63, 3.8) is 0 Å². The molecule has 2 heterocycles. The molecule has 2 aromatic carbocycles. The van der Waals surface area contributed by atoms with Gasteiger partial charge in [0.05, 0.1) is 5.69 Å². The third kappa shape index (κ3) is 4.93. The van der Waals surface area contributed by atoms with Crippen molar-refractivity contribution in [2.24, 2.45) is 0 Å². The van der Waals surface area contributed by atoms with Crippen molar-refractivity contribution >= 4 is 16.0 Å². The number of fused-ring (bicyclic) bond motifs is 1. The molecule has 1 fully saturated rings. The van der Waals surface area contributed by atoms with Crippen molar-refractivity contribution in [2.75, 3.05) is 37.7 Å². The molecule has 0 aliphatic carbocycles. The Kier molecular flexibility index (Phi) is 5.40. The number of rotatable bonds is 6. The smallest absolute Gasteiger partial charge is 0.357 e. The summed E-state index contributed by atoms with van der Waals surface area (Å²) in [5.74, 6) is 1.63. The number of piperazine rings is 1. The van der Waals surface area contributed by atoms with E-state index in [0.29, 0.717) is 12.5 Å². The van der Waals surface area contributed by atoms with Gasteiger partial charge in [0.1, 0.15) is 0 Å². The van der Waals surface area contributed by atoms with E-state index in [1.54, 1.807) is 12.1 Å². The Morgan fingerprint density at radius 3 is 2.07 bits per heavy atom. The average Bonchev–Trinajstić information content (AvgIpc) is 3.12. The highest BCUT2D eigenvalue weighted by Crippen LogP contribution is 2.32. The molecule has 0 spiro atoms. The molecular weight excluding hydrogens is 382 g/mol. The molecule has 2 aliphatic rings. The molecular formula is C19H23N3O5S. The highest BCUT2D eigenvalue weighted by Gasteiger charge is 2.19. The zero-order valence-electron chi connectivity index (χ0n) is 15.4. The molecule has 0 unspecified atom stereocenters. The first kappa shape index (κ1) is 19.0. The van der Waals surface area contributed by atoms with Crippen LogP contribution < -0.4 is 14.2 Å². The largest absolute Gasteiger partial charge is 0.454 e. The number of nitrogens with one attached hydrogen (secondary N) is 1. The van der Waals surface area contributed by atoms with Gasteiger partial charge in [-0.15, -0.1) is 0 Å². The first-order valence-corrected chi connectivity index (χ1v) is 10.6. The monoisotopic (exact) mass is 405 g/mol. The van der Waals surface area contributed by atoms with Gasteiger partial charge >= 0.3 is 10.3 Å². The van der Waals surface area contributed by atoms with Crippen LogP contribution in [0.15, 0.2) is 42.5 Å². The molecule has 150 valence electrons. The van der Waals surface area contributed by atoms with Crippen LogP contribution in [0.5, 0.6) is 11.5 Å². The van der Waals surface area contributed by atoms with Gasteiger partial charge < -0.3 is 9.47 Å². The Balaban J connectivity index is 1.26. The second-order valence-corrected chi connectivity index (χ2v) is 8.17. The number of anilines is 1. The van der Waals surface area contributed by atoms with Crippen LogP contribution in [0.2, 0.25) is 0 Å². The fourth-order valence-electron chi connectivity index (χ4n) is 3.49. The Morgan fingerprint density at radius 2 is 1.43 bits per heavy atom. The Bertz CT molecular complexity index is 925. The summed E-state index contributed by atoms with van der Waals surface area (Å²) in [6.45, 7) is 5.90. The summed E-state index contributed by atoms with van der Waals surface area (Å²) < 4.78 is 43.3. The van der Waals surface area contributed by atoms with Crippen LogP contribution in [-0.4, -0.2) is 55.7 Å². The molecule has 0 amide bonds. The number of ether oxygens (including phenoxy) is 2. The van der Waals surface area contributed by atoms with Gasteiger partial charge in [0.2, 0.25) is 6.79 Å². The van der Waals surface area contributed by atoms with Gasteiger partial charge in [-0.2, -0.15) is 8.42 Å². The van der Waals surface area contributed by atoms with Crippen molar-refractivity contribution in [3.8, 4) is 11.5 Å². The summed E-state index contributed by atoms with van der Waals surface area (Å²) in [5.41, 5.74) is 2.67. The van der Waals surface area contributed by atoms with Crippen LogP contribution in [0.25, 0.3) is 0 Å². The average molecular weight is 405 g/mol. The summed E-state index contributed by atoms with van der Waals surface area (Å²) in [5, 5.41) is 0. The zero-order valence-corrected chi connectivity index (χ0v) is 16.2. The Morgan fingerprint density at radius 1 is 0.857 bits per heavy atom. The Labute approximate surface area is 164 Å². The van der Waals surface area contributed by atoms with E-state index in [1.807, 2.05) is 22.9 Å². The van der Waals surface area contributed by atoms with Crippen molar-refractivity contribution in [2.45, 2.75) is 13.1 Å². The maximum Gasteiger partial charge on any atom is 0.357 e. The van der Waals surface area contributed by atoms with Crippen molar-refractivity contribution in [1.29, 1.82) is 0 Å². The predicted molar refractivity (Wildman–Crippen MR) is 105 cm³/mol. The molecule has 2 N–H and O–H groups in total. The predicted octanol–water partition coefficient (Wildman–Crippen LogP) is 1.95. The molecule has 1 saturated heterocycles. The molecule has 0 aromatic heterocycles. The minimum absolute atomic E-state index is 0.296. The van der Waals surface area contributed by atoms with Crippen LogP contribution >= 0.6 is 0 Å².